The van der Waals surface area contributed by atoms with E-state index < -0.39 is 4.75 Å². The molecule has 0 spiro atoms. The fourth-order valence-corrected chi connectivity index (χ4v) is 5.04. The second kappa shape index (κ2) is 10.3. The third-order valence-corrected chi connectivity index (χ3v) is 6.62. The van der Waals surface area contributed by atoms with Gasteiger partial charge < -0.3 is 4.74 Å². The van der Waals surface area contributed by atoms with E-state index >= 15 is 0 Å². The van der Waals surface area contributed by atoms with Crippen LogP contribution in [0.3, 0.4) is 0 Å². The molecule has 0 amide bonds. The molecule has 32 heavy (non-hydrogen) atoms. The molecule has 0 atom stereocenters. The van der Waals surface area contributed by atoms with Gasteiger partial charge in [-0.15, -0.1) is 0 Å². The fourth-order valence-electron chi connectivity index (χ4n) is 3.74. The predicted molar refractivity (Wildman–Crippen MR) is 131 cm³/mol. The van der Waals surface area contributed by atoms with Gasteiger partial charge in [-0.2, -0.15) is 0 Å². The van der Waals surface area contributed by atoms with Crippen molar-refractivity contribution < 1.29 is 9.53 Å². The monoisotopic (exact) mass is 439 g/mol. The number of esters is 1. The second-order valence-electron chi connectivity index (χ2n) is 7.43. The van der Waals surface area contributed by atoms with Crippen LogP contribution in [0.15, 0.2) is 121 Å². The van der Waals surface area contributed by atoms with Gasteiger partial charge in [-0.05, 0) is 28.8 Å². The largest absolute Gasteiger partial charge is 0.445 e. The lowest BCUT2D eigenvalue weighted by atomic mass is 9.84. The maximum absolute atomic E-state index is 12.5. The minimum Gasteiger partial charge on any atom is -0.445 e. The van der Waals surface area contributed by atoms with Crippen LogP contribution in [0.1, 0.15) is 27.0 Å². The maximum Gasteiger partial charge on any atom is 0.339 e. The van der Waals surface area contributed by atoms with E-state index in [1.807, 2.05) is 47.8 Å². The first-order chi connectivity index (χ1) is 15.7. The number of carbonyl (C=O) groups excluding carboxylic acids is 1. The molecule has 4 heteroatoms. The van der Waals surface area contributed by atoms with Crippen molar-refractivity contribution in [1.29, 1.82) is 0 Å². The van der Waals surface area contributed by atoms with E-state index in [0.29, 0.717) is 5.56 Å². The molecule has 0 heterocycles. The number of hydrogen-bond donors (Lipinski definition) is 0. The van der Waals surface area contributed by atoms with Crippen molar-refractivity contribution in [3.63, 3.8) is 0 Å². The van der Waals surface area contributed by atoms with Crippen LogP contribution < -0.4 is 0 Å². The Bertz CT molecular complexity index is 1020. The van der Waals surface area contributed by atoms with Gasteiger partial charge in [0.25, 0.3) is 0 Å². The zero-order valence-electron chi connectivity index (χ0n) is 17.9. The molecule has 0 N–H and O–H groups in total. The van der Waals surface area contributed by atoms with Crippen LogP contribution in [0.5, 0.6) is 0 Å². The predicted octanol–water partition coefficient (Wildman–Crippen LogP) is 6.37. The highest BCUT2D eigenvalue weighted by molar-refractivity contribution is 7.98. The van der Waals surface area contributed by atoms with Crippen LogP contribution in [-0.4, -0.2) is 24.1 Å². The SMILES string of the molecule is CN(COC(=O)c1ccccc1)SC(c1ccccc1)(c1ccccc1)c1ccccc1. The summed E-state index contributed by atoms with van der Waals surface area (Å²) < 4.78 is 7.09. The third-order valence-electron chi connectivity index (χ3n) is 5.22. The highest BCUT2D eigenvalue weighted by Crippen LogP contribution is 2.49. The number of nitrogens with zero attached hydrogens (tertiary/aromatic N) is 1. The third kappa shape index (κ3) is 4.77. The summed E-state index contributed by atoms with van der Waals surface area (Å²) in [5, 5.41) is 0. The lowest BCUT2D eigenvalue weighted by Gasteiger charge is -2.37. The molecular weight excluding hydrogens is 414 g/mol. The molecule has 0 bridgehead atoms. The normalized spacial score (nSPS) is 11.3. The molecular formula is C28H25NO2S. The molecule has 0 unspecified atom stereocenters. The fraction of sp³-hybridized carbons (Fsp3) is 0.107. The molecule has 4 aromatic carbocycles. The first kappa shape index (κ1) is 21.9. The van der Waals surface area contributed by atoms with E-state index in [1.165, 1.54) is 0 Å². The highest BCUT2D eigenvalue weighted by Gasteiger charge is 2.38. The van der Waals surface area contributed by atoms with Crippen molar-refractivity contribution in [2.75, 3.05) is 13.8 Å². The molecule has 0 aromatic heterocycles. The lowest BCUT2D eigenvalue weighted by molar-refractivity contribution is 0.0403. The summed E-state index contributed by atoms with van der Waals surface area (Å²) in [4.78, 5) is 12.5. The van der Waals surface area contributed by atoms with Crippen LogP contribution in [0.4, 0.5) is 0 Å². The molecule has 0 aliphatic heterocycles. The molecule has 160 valence electrons. The molecule has 0 saturated heterocycles. The van der Waals surface area contributed by atoms with E-state index in [4.69, 9.17) is 4.74 Å². The summed E-state index contributed by atoms with van der Waals surface area (Å²) in [7, 11) is 1.95. The van der Waals surface area contributed by atoms with E-state index in [9.17, 15) is 4.79 Å². The van der Waals surface area contributed by atoms with Crippen LogP contribution in [-0.2, 0) is 9.48 Å². The molecule has 3 nitrogen and oxygen atoms in total. The Hall–Kier alpha value is -3.34. The zero-order valence-corrected chi connectivity index (χ0v) is 18.7. The summed E-state index contributed by atoms with van der Waals surface area (Å²) in [6.07, 6.45) is 0. The smallest absolute Gasteiger partial charge is 0.339 e. The van der Waals surface area contributed by atoms with Gasteiger partial charge in [0.15, 0.2) is 6.73 Å². The number of hydrogen-bond acceptors (Lipinski definition) is 4. The summed E-state index contributed by atoms with van der Waals surface area (Å²) in [6, 6.07) is 40.4. The second-order valence-corrected chi connectivity index (χ2v) is 8.84. The maximum atomic E-state index is 12.5. The minimum atomic E-state index is -0.502. The number of rotatable bonds is 8. The van der Waals surface area contributed by atoms with Crippen LogP contribution in [0, 0.1) is 0 Å². The molecule has 0 radical (unpaired) electrons. The topological polar surface area (TPSA) is 29.5 Å². The van der Waals surface area contributed by atoms with Crippen molar-refractivity contribution in [3.8, 4) is 0 Å². The summed E-state index contributed by atoms with van der Waals surface area (Å²) in [5.74, 6) is -0.331. The molecule has 4 rings (SSSR count). The lowest BCUT2D eigenvalue weighted by Crippen LogP contribution is -2.31. The Morgan fingerprint density at radius 1 is 0.688 bits per heavy atom. The summed E-state index contributed by atoms with van der Waals surface area (Å²) >= 11 is 1.64. The first-order valence-corrected chi connectivity index (χ1v) is 11.3. The van der Waals surface area contributed by atoms with Gasteiger partial charge in [-0.1, -0.05) is 121 Å². The van der Waals surface area contributed by atoms with E-state index in [-0.39, 0.29) is 12.7 Å². The van der Waals surface area contributed by atoms with E-state index in [2.05, 4.69) is 72.8 Å². The Morgan fingerprint density at radius 2 is 1.06 bits per heavy atom. The number of carbonyl (C=O) groups is 1. The van der Waals surface area contributed by atoms with E-state index in [0.717, 1.165) is 16.7 Å². The van der Waals surface area contributed by atoms with Crippen molar-refractivity contribution in [2.24, 2.45) is 0 Å². The van der Waals surface area contributed by atoms with E-state index in [1.54, 1.807) is 24.1 Å². The zero-order chi connectivity index (χ0) is 22.2. The minimum absolute atomic E-state index is 0.159. The Balaban J connectivity index is 1.69. The van der Waals surface area contributed by atoms with Gasteiger partial charge >= 0.3 is 5.97 Å². The van der Waals surface area contributed by atoms with Gasteiger partial charge in [0, 0.05) is 7.05 Å². The Labute approximate surface area is 193 Å². The summed E-state index contributed by atoms with van der Waals surface area (Å²) in [5.41, 5.74) is 4.02. The summed E-state index contributed by atoms with van der Waals surface area (Å²) in [6.45, 7) is 0.159. The Kier molecular flexibility index (Phi) is 7.05. The highest BCUT2D eigenvalue weighted by atomic mass is 32.2. The van der Waals surface area contributed by atoms with Gasteiger partial charge in [-0.25, -0.2) is 9.10 Å². The van der Waals surface area contributed by atoms with Crippen molar-refractivity contribution in [2.45, 2.75) is 4.75 Å². The van der Waals surface area contributed by atoms with Crippen molar-refractivity contribution in [3.05, 3.63) is 144 Å². The average molecular weight is 440 g/mol. The standard InChI is InChI=1S/C28H25NO2S/c1-29(22-31-27(30)23-14-6-2-7-15-23)32-28(24-16-8-3-9-17-24,25-18-10-4-11-19-25)26-20-12-5-13-21-26/h2-21H,22H2,1H3. The van der Waals surface area contributed by atoms with Crippen LogP contribution in [0.25, 0.3) is 0 Å². The van der Waals surface area contributed by atoms with Crippen LogP contribution in [0.2, 0.25) is 0 Å². The van der Waals surface area contributed by atoms with Gasteiger partial charge in [0.05, 0.1) is 5.56 Å². The molecule has 0 fully saturated rings. The van der Waals surface area contributed by atoms with Gasteiger partial charge in [-0.3, -0.25) is 0 Å². The number of ether oxygens (including phenoxy) is 1. The first-order valence-electron chi connectivity index (χ1n) is 10.5. The quantitative estimate of drug-likeness (QED) is 0.138. The van der Waals surface area contributed by atoms with Crippen molar-refractivity contribution >= 4 is 17.9 Å². The van der Waals surface area contributed by atoms with Gasteiger partial charge in [0.2, 0.25) is 0 Å². The Morgan fingerprint density at radius 3 is 1.47 bits per heavy atom. The van der Waals surface area contributed by atoms with Crippen LogP contribution >= 0.6 is 11.9 Å². The molecule has 4 aromatic rings. The van der Waals surface area contributed by atoms with Gasteiger partial charge in [0.1, 0.15) is 4.75 Å². The molecule has 0 saturated carbocycles. The number of benzene rings is 4. The molecule has 0 aliphatic rings. The average Bonchev–Trinajstić information content (AvgIpc) is 2.88. The molecule has 0 aliphatic carbocycles. The van der Waals surface area contributed by atoms with Crippen molar-refractivity contribution in [1.82, 2.24) is 4.31 Å².